The van der Waals surface area contributed by atoms with Crippen molar-refractivity contribution in [2.75, 3.05) is 5.75 Å². The van der Waals surface area contributed by atoms with Crippen LogP contribution in [0.3, 0.4) is 0 Å². The Bertz CT molecular complexity index is 412. The number of hydrogen-bond acceptors (Lipinski definition) is 2. The molecule has 1 aromatic carbocycles. The first-order chi connectivity index (χ1) is 7.17. The van der Waals surface area contributed by atoms with E-state index >= 15 is 0 Å². The van der Waals surface area contributed by atoms with Crippen molar-refractivity contribution in [2.24, 2.45) is 0 Å². The van der Waals surface area contributed by atoms with E-state index in [-0.39, 0.29) is 5.56 Å². The zero-order chi connectivity index (χ0) is 11.3. The van der Waals surface area contributed by atoms with Crippen LogP contribution in [0.2, 0.25) is 0 Å². The predicted molar refractivity (Wildman–Crippen MR) is 58.1 cm³/mol. The number of nitrogens with zero attached hydrogens (tertiary/aromatic N) is 1. The summed E-state index contributed by atoms with van der Waals surface area (Å²) in [6.07, 6.45) is 0.860. The molecule has 0 bridgehead atoms. The predicted octanol–water partition coefficient (Wildman–Crippen LogP) is 2.36. The summed E-state index contributed by atoms with van der Waals surface area (Å²) in [4.78, 5) is 0. The number of nitriles is 1. The second kappa shape index (κ2) is 5.62. The molecule has 4 heteroatoms. The fourth-order valence-electron chi connectivity index (χ4n) is 1.23. The Hall–Kier alpha value is -1.21. The van der Waals surface area contributed by atoms with E-state index in [0.717, 1.165) is 12.0 Å². The molecule has 0 radical (unpaired) electrons. The van der Waals surface area contributed by atoms with Crippen LogP contribution in [0.4, 0.5) is 4.39 Å². The molecule has 0 fully saturated rings. The highest BCUT2D eigenvalue weighted by molar-refractivity contribution is 7.84. The summed E-state index contributed by atoms with van der Waals surface area (Å²) in [5.74, 6) is 0.504. The van der Waals surface area contributed by atoms with E-state index in [1.54, 1.807) is 12.1 Å². The molecule has 0 spiro atoms. The molecule has 80 valence electrons. The van der Waals surface area contributed by atoms with Gasteiger partial charge in [0.05, 0.1) is 5.56 Å². The van der Waals surface area contributed by atoms with Gasteiger partial charge in [0.25, 0.3) is 0 Å². The highest BCUT2D eigenvalue weighted by Gasteiger charge is 2.05. The minimum atomic E-state index is -0.920. The van der Waals surface area contributed by atoms with Crippen molar-refractivity contribution in [2.45, 2.75) is 19.1 Å². The van der Waals surface area contributed by atoms with Gasteiger partial charge in [-0.15, -0.1) is 0 Å². The Morgan fingerprint density at radius 1 is 1.53 bits per heavy atom. The minimum absolute atomic E-state index is 0.0148. The van der Waals surface area contributed by atoms with Crippen molar-refractivity contribution in [3.05, 3.63) is 35.1 Å². The zero-order valence-corrected chi connectivity index (χ0v) is 9.31. The van der Waals surface area contributed by atoms with E-state index in [2.05, 4.69) is 0 Å². The molecule has 0 N–H and O–H groups in total. The van der Waals surface area contributed by atoms with Crippen LogP contribution in [0.15, 0.2) is 18.2 Å². The van der Waals surface area contributed by atoms with Gasteiger partial charge in [0.1, 0.15) is 11.9 Å². The summed E-state index contributed by atoms with van der Waals surface area (Å²) < 4.78 is 24.4. The van der Waals surface area contributed by atoms with E-state index < -0.39 is 16.6 Å². The average molecular weight is 225 g/mol. The van der Waals surface area contributed by atoms with Crippen molar-refractivity contribution in [3.8, 4) is 6.07 Å². The number of benzene rings is 1. The smallest absolute Gasteiger partial charge is 0.140 e. The fourth-order valence-corrected chi connectivity index (χ4v) is 2.38. The van der Waals surface area contributed by atoms with Gasteiger partial charge in [0.2, 0.25) is 0 Å². The van der Waals surface area contributed by atoms with Gasteiger partial charge in [-0.3, -0.25) is 4.21 Å². The Morgan fingerprint density at radius 3 is 2.87 bits per heavy atom. The molecule has 0 amide bonds. The number of halogens is 1. The number of rotatable bonds is 4. The second-order valence-corrected chi connectivity index (χ2v) is 4.79. The fraction of sp³-hybridized carbons (Fsp3) is 0.364. The summed E-state index contributed by atoms with van der Waals surface area (Å²) in [6, 6.07) is 6.05. The first-order valence-corrected chi connectivity index (χ1v) is 6.19. The molecule has 1 rings (SSSR count). The Labute approximate surface area is 91.2 Å². The lowest BCUT2D eigenvalue weighted by Gasteiger charge is -2.02. The van der Waals surface area contributed by atoms with Gasteiger partial charge in [-0.25, -0.2) is 4.39 Å². The van der Waals surface area contributed by atoms with Gasteiger partial charge in [-0.2, -0.15) is 5.26 Å². The van der Waals surface area contributed by atoms with E-state index in [4.69, 9.17) is 5.26 Å². The molecule has 0 aromatic heterocycles. The lowest BCUT2D eigenvalue weighted by molar-refractivity contribution is 0.623. The molecule has 0 saturated carbocycles. The van der Waals surface area contributed by atoms with Crippen LogP contribution in [0.1, 0.15) is 24.5 Å². The van der Waals surface area contributed by atoms with Gasteiger partial charge < -0.3 is 0 Å². The third-order valence-electron chi connectivity index (χ3n) is 1.91. The SMILES string of the molecule is CCCS(=O)Cc1ccc(F)c(C#N)c1. The summed E-state index contributed by atoms with van der Waals surface area (Å²) in [7, 11) is -0.920. The van der Waals surface area contributed by atoms with E-state index in [0.29, 0.717) is 11.5 Å². The molecule has 1 unspecified atom stereocenters. The normalized spacial score (nSPS) is 12.1. The van der Waals surface area contributed by atoms with Crippen LogP contribution in [-0.2, 0) is 16.6 Å². The van der Waals surface area contributed by atoms with Crippen molar-refractivity contribution >= 4 is 10.8 Å². The molecular formula is C11H12FNOS. The maximum atomic E-state index is 13.0. The van der Waals surface area contributed by atoms with Gasteiger partial charge in [-0.1, -0.05) is 13.0 Å². The molecule has 0 aliphatic heterocycles. The molecule has 15 heavy (non-hydrogen) atoms. The molecule has 1 aromatic rings. The lowest BCUT2D eigenvalue weighted by atomic mass is 10.1. The molecule has 0 aliphatic rings. The van der Waals surface area contributed by atoms with E-state index in [1.165, 1.54) is 12.1 Å². The average Bonchev–Trinajstić information content (AvgIpc) is 2.21. The van der Waals surface area contributed by atoms with Crippen LogP contribution in [-0.4, -0.2) is 9.96 Å². The van der Waals surface area contributed by atoms with Gasteiger partial charge in [0, 0.05) is 22.3 Å². The van der Waals surface area contributed by atoms with Gasteiger partial charge in [-0.05, 0) is 24.1 Å². The van der Waals surface area contributed by atoms with Crippen molar-refractivity contribution in [1.82, 2.24) is 0 Å². The van der Waals surface area contributed by atoms with Gasteiger partial charge >= 0.3 is 0 Å². The van der Waals surface area contributed by atoms with Crippen LogP contribution < -0.4 is 0 Å². The minimum Gasteiger partial charge on any atom is -0.259 e. The Balaban J connectivity index is 2.80. The Kier molecular flexibility index (Phi) is 4.44. The zero-order valence-electron chi connectivity index (χ0n) is 8.50. The first kappa shape index (κ1) is 11.9. The monoisotopic (exact) mass is 225 g/mol. The Morgan fingerprint density at radius 2 is 2.27 bits per heavy atom. The third kappa shape index (κ3) is 3.45. The van der Waals surface area contributed by atoms with Crippen LogP contribution in [0.5, 0.6) is 0 Å². The van der Waals surface area contributed by atoms with E-state index in [1.807, 2.05) is 6.92 Å². The maximum Gasteiger partial charge on any atom is 0.140 e. The molecule has 2 nitrogen and oxygen atoms in total. The summed E-state index contributed by atoms with van der Waals surface area (Å²) in [6.45, 7) is 1.96. The van der Waals surface area contributed by atoms with Crippen molar-refractivity contribution in [3.63, 3.8) is 0 Å². The summed E-state index contributed by atoms with van der Waals surface area (Å²) in [5, 5.41) is 8.61. The summed E-state index contributed by atoms with van der Waals surface area (Å²) in [5.41, 5.74) is 0.765. The molecule has 0 heterocycles. The van der Waals surface area contributed by atoms with E-state index in [9.17, 15) is 8.60 Å². The van der Waals surface area contributed by atoms with Crippen LogP contribution in [0.25, 0.3) is 0 Å². The highest BCUT2D eigenvalue weighted by atomic mass is 32.2. The van der Waals surface area contributed by atoms with Crippen molar-refractivity contribution < 1.29 is 8.60 Å². The molecule has 1 atom stereocenters. The molecule has 0 aliphatic carbocycles. The largest absolute Gasteiger partial charge is 0.259 e. The van der Waals surface area contributed by atoms with Crippen molar-refractivity contribution in [1.29, 1.82) is 5.26 Å². The highest BCUT2D eigenvalue weighted by Crippen LogP contribution is 2.11. The first-order valence-electron chi connectivity index (χ1n) is 4.71. The lowest BCUT2D eigenvalue weighted by Crippen LogP contribution is -2.00. The number of hydrogen-bond donors (Lipinski definition) is 0. The molecule has 0 saturated heterocycles. The third-order valence-corrected chi connectivity index (χ3v) is 3.43. The second-order valence-electron chi connectivity index (χ2n) is 3.21. The van der Waals surface area contributed by atoms with Gasteiger partial charge in [0.15, 0.2) is 0 Å². The quantitative estimate of drug-likeness (QED) is 0.789. The summed E-state index contributed by atoms with van der Waals surface area (Å²) >= 11 is 0. The molecular weight excluding hydrogens is 213 g/mol. The standard InChI is InChI=1S/C11H12FNOS/c1-2-5-15(14)8-9-3-4-11(12)10(6-9)7-13/h3-4,6H,2,5,8H2,1H3. The maximum absolute atomic E-state index is 13.0. The van der Waals surface area contributed by atoms with Crippen LogP contribution in [0, 0.1) is 17.1 Å². The topological polar surface area (TPSA) is 40.9 Å². The van der Waals surface area contributed by atoms with Crippen LogP contribution >= 0.6 is 0 Å².